The third-order valence-corrected chi connectivity index (χ3v) is 1.54. The number of aromatic nitrogens is 2. The fourth-order valence-corrected chi connectivity index (χ4v) is 0.876. The minimum Gasteiger partial charge on any atom is -0.258 e. The molecular formula is C11H10F3N3O. The monoisotopic (exact) mass is 257 g/mol. The van der Waals surface area contributed by atoms with Gasteiger partial charge in [0, 0.05) is 12.4 Å². The molecular weight excluding hydrogens is 247 g/mol. The molecule has 4 nitrogen and oxygen atoms in total. The quantitative estimate of drug-likeness (QED) is 0.840. The average Bonchev–Trinajstić information content (AvgIpc) is 2.40. The lowest BCUT2D eigenvalue weighted by molar-refractivity contribution is -0.311. The zero-order chi connectivity index (χ0) is 13.3. The number of hydrogen-bond donors (Lipinski definition) is 1. The summed E-state index contributed by atoms with van der Waals surface area (Å²) in [5.74, 6) is 0. The molecule has 0 unspecified atom stereocenters. The van der Waals surface area contributed by atoms with Gasteiger partial charge in [-0.3, -0.25) is 5.48 Å². The van der Waals surface area contributed by atoms with Crippen molar-refractivity contribution in [3.8, 4) is 0 Å². The number of nitrogens with one attached hydrogen (secondary N) is 1. The van der Waals surface area contributed by atoms with Crippen molar-refractivity contribution in [1.29, 1.82) is 0 Å². The van der Waals surface area contributed by atoms with Crippen LogP contribution in [0, 0.1) is 0 Å². The van der Waals surface area contributed by atoms with Gasteiger partial charge >= 0.3 is 6.36 Å². The third-order valence-electron chi connectivity index (χ3n) is 1.54. The Bertz CT molecular complexity index is 396. The molecule has 1 aromatic carbocycles. The van der Waals surface area contributed by atoms with Crippen LogP contribution in [-0.4, -0.2) is 16.3 Å². The van der Waals surface area contributed by atoms with Crippen molar-refractivity contribution in [2.24, 2.45) is 0 Å². The Morgan fingerprint density at radius 3 is 1.94 bits per heavy atom. The topological polar surface area (TPSA) is 47.0 Å². The van der Waals surface area contributed by atoms with E-state index in [0.29, 0.717) is 0 Å². The maximum Gasteiger partial charge on any atom is 0.543 e. The van der Waals surface area contributed by atoms with E-state index in [-0.39, 0.29) is 5.69 Å². The molecule has 0 atom stereocenters. The average molecular weight is 257 g/mol. The first-order valence-electron chi connectivity index (χ1n) is 4.84. The Labute approximate surface area is 101 Å². The number of alkyl halides is 3. The fourth-order valence-electron chi connectivity index (χ4n) is 0.876. The van der Waals surface area contributed by atoms with Gasteiger partial charge in [-0.2, -0.15) is 4.84 Å². The molecule has 0 bridgehead atoms. The van der Waals surface area contributed by atoms with E-state index < -0.39 is 6.36 Å². The molecule has 0 spiro atoms. The second-order valence-corrected chi connectivity index (χ2v) is 2.92. The van der Waals surface area contributed by atoms with Crippen molar-refractivity contribution in [3.63, 3.8) is 0 Å². The molecule has 0 aliphatic carbocycles. The Morgan fingerprint density at radius 2 is 1.56 bits per heavy atom. The summed E-state index contributed by atoms with van der Waals surface area (Å²) in [6.07, 6.45) is 0.218. The summed E-state index contributed by atoms with van der Waals surface area (Å²) in [6.45, 7) is 0. The van der Waals surface area contributed by atoms with Crippen LogP contribution in [0.2, 0.25) is 0 Å². The molecule has 96 valence electrons. The highest BCUT2D eigenvalue weighted by molar-refractivity contribution is 5.39. The van der Waals surface area contributed by atoms with Crippen LogP contribution < -0.4 is 5.48 Å². The van der Waals surface area contributed by atoms with Gasteiger partial charge in [0.25, 0.3) is 0 Å². The summed E-state index contributed by atoms with van der Waals surface area (Å²) in [4.78, 5) is 10.7. The van der Waals surface area contributed by atoms with Crippen molar-refractivity contribution in [2.45, 2.75) is 6.36 Å². The number of halogens is 3. The van der Waals surface area contributed by atoms with Crippen molar-refractivity contribution in [1.82, 2.24) is 9.97 Å². The van der Waals surface area contributed by atoms with Crippen LogP contribution in [-0.2, 0) is 4.84 Å². The van der Waals surface area contributed by atoms with E-state index in [1.165, 1.54) is 18.5 Å². The Kier molecular flexibility index (Phi) is 5.59. The molecule has 1 heterocycles. The van der Waals surface area contributed by atoms with Gasteiger partial charge in [-0.05, 0) is 18.2 Å². The smallest absolute Gasteiger partial charge is 0.258 e. The number of nitrogens with zero attached hydrogens (tertiary/aromatic N) is 2. The third kappa shape index (κ3) is 7.18. The highest BCUT2D eigenvalue weighted by Gasteiger charge is 2.29. The minimum absolute atomic E-state index is 0.259. The van der Waals surface area contributed by atoms with E-state index in [1.54, 1.807) is 42.1 Å². The van der Waals surface area contributed by atoms with Crippen LogP contribution in [0.5, 0.6) is 0 Å². The van der Waals surface area contributed by atoms with E-state index in [0.717, 1.165) is 0 Å². The second kappa shape index (κ2) is 7.23. The van der Waals surface area contributed by atoms with Crippen molar-refractivity contribution < 1.29 is 18.0 Å². The van der Waals surface area contributed by atoms with Gasteiger partial charge in [0.15, 0.2) is 0 Å². The predicted molar refractivity (Wildman–Crippen MR) is 59.2 cm³/mol. The Morgan fingerprint density at radius 1 is 0.944 bits per heavy atom. The van der Waals surface area contributed by atoms with Gasteiger partial charge in [0.1, 0.15) is 6.33 Å². The lowest BCUT2D eigenvalue weighted by atomic mass is 10.3. The zero-order valence-electron chi connectivity index (χ0n) is 9.13. The molecule has 0 saturated heterocycles. The van der Waals surface area contributed by atoms with Crippen LogP contribution in [0.4, 0.5) is 18.9 Å². The van der Waals surface area contributed by atoms with Crippen LogP contribution in [0.15, 0.2) is 55.1 Å². The number of anilines is 1. The normalized spacial score (nSPS) is 10.2. The summed E-state index contributed by atoms with van der Waals surface area (Å²) in [5, 5.41) is 0. The molecule has 0 saturated carbocycles. The maximum absolute atomic E-state index is 11.5. The maximum atomic E-state index is 11.5. The number of para-hydroxylation sites is 1. The lowest BCUT2D eigenvalue weighted by Crippen LogP contribution is -2.17. The van der Waals surface area contributed by atoms with E-state index in [1.807, 2.05) is 0 Å². The molecule has 0 fully saturated rings. The molecule has 0 aliphatic heterocycles. The van der Waals surface area contributed by atoms with Crippen molar-refractivity contribution in [2.75, 3.05) is 5.48 Å². The summed E-state index contributed by atoms with van der Waals surface area (Å²) in [5.41, 5.74) is 2.02. The molecule has 0 amide bonds. The van der Waals surface area contributed by atoms with Gasteiger partial charge in [0.05, 0.1) is 5.69 Å². The van der Waals surface area contributed by atoms with Crippen molar-refractivity contribution in [3.05, 3.63) is 55.1 Å². The minimum atomic E-state index is -4.66. The van der Waals surface area contributed by atoms with Crippen LogP contribution in [0.3, 0.4) is 0 Å². The van der Waals surface area contributed by atoms with E-state index in [4.69, 9.17) is 0 Å². The highest BCUT2D eigenvalue weighted by Crippen LogP contribution is 2.17. The van der Waals surface area contributed by atoms with E-state index in [9.17, 15) is 13.2 Å². The Balaban J connectivity index is 0.000000225. The summed E-state index contributed by atoms with van der Waals surface area (Å²) in [6, 6.07) is 9.60. The first kappa shape index (κ1) is 13.9. The molecule has 18 heavy (non-hydrogen) atoms. The van der Waals surface area contributed by atoms with Crippen molar-refractivity contribution >= 4 is 5.69 Å². The summed E-state index contributed by atoms with van der Waals surface area (Å²) < 4.78 is 34.4. The van der Waals surface area contributed by atoms with Gasteiger partial charge in [-0.1, -0.05) is 18.2 Å². The SMILES string of the molecule is FC(F)(F)ONc1ccccc1.c1cncnc1. The van der Waals surface area contributed by atoms with Gasteiger partial charge < -0.3 is 0 Å². The summed E-state index contributed by atoms with van der Waals surface area (Å²) in [7, 11) is 0. The number of hydrogen-bond acceptors (Lipinski definition) is 4. The predicted octanol–water partition coefficient (Wildman–Crippen LogP) is 3.03. The second-order valence-electron chi connectivity index (χ2n) is 2.92. The van der Waals surface area contributed by atoms with Crippen LogP contribution in [0.25, 0.3) is 0 Å². The summed E-state index contributed by atoms with van der Waals surface area (Å²) >= 11 is 0. The number of rotatable bonds is 2. The van der Waals surface area contributed by atoms with Gasteiger partial charge in [0.2, 0.25) is 0 Å². The highest BCUT2D eigenvalue weighted by atomic mass is 19.4. The molecule has 1 N–H and O–H groups in total. The fraction of sp³-hybridized carbons (Fsp3) is 0.0909. The van der Waals surface area contributed by atoms with E-state index in [2.05, 4.69) is 14.8 Å². The first-order chi connectivity index (χ1) is 8.58. The molecule has 2 rings (SSSR count). The van der Waals surface area contributed by atoms with Crippen LogP contribution >= 0.6 is 0 Å². The number of benzene rings is 1. The standard InChI is InChI=1S/C7H6F3NO.C4H4N2/c8-7(9,10)12-11-6-4-2-1-3-5-6;1-2-5-4-6-3-1/h1-5,11H;1-4H. The zero-order valence-corrected chi connectivity index (χ0v) is 9.13. The van der Waals surface area contributed by atoms with E-state index >= 15 is 0 Å². The molecule has 7 heteroatoms. The molecule has 2 aromatic rings. The molecule has 1 aromatic heterocycles. The first-order valence-corrected chi connectivity index (χ1v) is 4.84. The van der Waals surface area contributed by atoms with Gasteiger partial charge in [-0.25, -0.2) is 9.97 Å². The molecule has 0 radical (unpaired) electrons. The molecule has 0 aliphatic rings. The van der Waals surface area contributed by atoms with Crippen LogP contribution in [0.1, 0.15) is 0 Å². The van der Waals surface area contributed by atoms with Gasteiger partial charge in [-0.15, -0.1) is 13.2 Å². The largest absolute Gasteiger partial charge is 0.543 e. The lowest BCUT2D eigenvalue weighted by Gasteiger charge is -2.08. The Hall–Kier alpha value is -2.15.